The molecule has 104 valence electrons. The van der Waals surface area contributed by atoms with Gasteiger partial charge in [-0.05, 0) is 31.4 Å². The van der Waals surface area contributed by atoms with E-state index in [0.717, 1.165) is 31.4 Å². The lowest BCUT2D eigenvalue weighted by atomic mass is 9.96. The Bertz CT molecular complexity index is 623. The minimum atomic E-state index is -4.05. The highest BCUT2D eigenvalue weighted by molar-refractivity contribution is 8.13. The summed E-state index contributed by atoms with van der Waals surface area (Å²) in [4.78, 5) is 11.5. The fourth-order valence-corrected chi connectivity index (χ4v) is 3.39. The Morgan fingerprint density at radius 1 is 1.21 bits per heavy atom. The van der Waals surface area contributed by atoms with Gasteiger partial charge in [-0.1, -0.05) is 23.2 Å². The van der Waals surface area contributed by atoms with E-state index in [0.29, 0.717) is 0 Å². The van der Waals surface area contributed by atoms with Crippen LogP contribution in [0.15, 0.2) is 17.0 Å². The molecule has 0 heterocycles. The SMILES string of the molecule is O=C(OC1CCC1)c1cc(S(=O)(=O)Cl)c(Cl)cc1Cl. The second-order valence-corrected chi connectivity index (χ2v) is 7.51. The molecule has 1 aromatic rings. The molecule has 2 rings (SSSR count). The first kappa shape index (κ1) is 14.9. The van der Waals surface area contributed by atoms with Crippen LogP contribution in [0.3, 0.4) is 0 Å². The Kier molecular flexibility index (Phi) is 4.30. The summed E-state index contributed by atoms with van der Waals surface area (Å²) in [6, 6.07) is 2.20. The summed E-state index contributed by atoms with van der Waals surface area (Å²) in [5.74, 6) is -0.673. The maximum Gasteiger partial charge on any atom is 0.339 e. The van der Waals surface area contributed by atoms with Crippen LogP contribution in [0.4, 0.5) is 0 Å². The van der Waals surface area contributed by atoms with Gasteiger partial charge in [-0.2, -0.15) is 0 Å². The Morgan fingerprint density at radius 2 is 1.84 bits per heavy atom. The van der Waals surface area contributed by atoms with Gasteiger partial charge in [0.05, 0.1) is 15.6 Å². The fraction of sp³-hybridized carbons (Fsp3) is 0.364. The number of ether oxygens (including phenoxy) is 1. The molecule has 0 atom stereocenters. The maximum atomic E-state index is 11.9. The van der Waals surface area contributed by atoms with Crippen LogP contribution in [0, 0.1) is 0 Å². The number of esters is 1. The van der Waals surface area contributed by atoms with Gasteiger partial charge in [0.25, 0.3) is 9.05 Å². The molecule has 0 radical (unpaired) electrons. The summed E-state index contributed by atoms with van der Waals surface area (Å²) in [7, 11) is 1.18. The molecule has 19 heavy (non-hydrogen) atoms. The molecule has 1 fully saturated rings. The molecule has 0 amide bonds. The molecule has 0 N–H and O–H groups in total. The minimum absolute atomic E-state index is 0.0263. The van der Waals surface area contributed by atoms with E-state index in [1.54, 1.807) is 0 Å². The van der Waals surface area contributed by atoms with Crippen molar-refractivity contribution in [2.45, 2.75) is 30.3 Å². The Balaban J connectivity index is 2.36. The van der Waals surface area contributed by atoms with E-state index in [2.05, 4.69) is 0 Å². The van der Waals surface area contributed by atoms with Gasteiger partial charge in [-0.3, -0.25) is 0 Å². The molecule has 4 nitrogen and oxygen atoms in total. The molecule has 1 aromatic carbocycles. The monoisotopic (exact) mass is 342 g/mol. The summed E-state index contributed by atoms with van der Waals surface area (Å²) in [5.41, 5.74) is -0.0582. The highest BCUT2D eigenvalue weighted by Gasteiger charge is 2.26. The summed E-state index contributed by atoms with van der Waals surface area (Å²) in [5, 5.41) is -0.112. The van der Waals surface area contributed by atoms with Crippen molar-refractivity contribution in [1.29, 1.82) is 0 Å². The third-order valence-corrected chi connectivity index (χ3v) is 4.93. The third-order valence-electron chi connectivity index (χ3n) is 2.83. The van der Waals surface area contributed by atoms with Crippen LogP contribution in [-0.4, -0.2) is 20.5 Å². The van der Waals surface area contributed by atoms with Crippen molar-refractivity contribution in [3.63, 3.8) is 0 Å². The molecular formula is C11H9Cl3O4S. The Morgan fingerprint density at radius 3 is 2.32 bits per heavy atom. The number of halogens is 3. The first-order valence-corrected chi connectivity index (χ1v) is 8.50. The van der Waals surface area contributed by atoms with E-state index < -0.39 is 15.0 Å². The van der Waals surface area contributed by atoms with Gasteiger partial charge in [0, 0.05) is 10.7 Å². The van der Waals surface area contributed by atoms with Crippen molar-refractivity contribution in [3.8, 4) is 0 Å². The quantitative estimate of drug-likeness (QED) is 0.621. The van der Waals surface area contributed by atoms with Crippen LogP contribution in [0.1, 0.15) is 29.6 Å². The van der Waals surface area contributed by atoms with Gasteiger partial charge in [0.1, 0.15) is 11.0 Å². The number of carbonyl (C=O) groups excluding carboxylic acids is 1. The van der Waals surface area contributed by atoms with Crippen molar-refractivity contribution in [2.75, 3.05) is 0 Å². The third kappa shape index (κ3) is 3.34. The van der Waals surface area contributed by atoms with E-state index in [9.17, 15) is 13.2 Å². The smallest absolute Gasteiger partial charge is 0.339 e. The normalized spacial score (nSPS) is 15.9. The molecule has 0 aromatic heterocycles. The second-order valence-electron chi connectivity index (χ2n) is 4.16. The molecule has 1 aliphatic carbocycles. The fourth-order valence-electron chi connectivity index (χ4n) is 1.58. The topological polar surface area (TPSA) is 60.4 Å². The number of rotatable bonds is 3. The molecule has 0 saturated heterocycles. The maximum absolute atomic E-state index is 11.9. The molecule has 1 saturated carbocycles. The van der Waals surface area contributed by atoms with Gasteiger partial charge >= 0.3 is 5.97 Å². The first-order chi connectivity index (χ1) is 8.79. The van der Waals surface area contributed by atoms with Crippen molar-refractivity contribution < 1.29 is 17.9 Å². The van der Waals surface area contributed by atoms with Crippen LogP contribution in [0.2, 0.25) is 10.0 Å². The predicted octanol–water partition coefficient (Wildman–Crippen LogP) is 3.63. The second kappa shape index (κ2) is 5.48. The van der Waals surface area contributed by atoms with Gasteiger partial charge in [0.2, 0.25) is 0 Å². The zero-order valence-corrected chi connectivity index (χ0v) is 12.6. The van der Waals surface area contributed by atoms with Gasteiger partial charge in [-0.15, -0.1) is 0 Å². The highest BCUT2D eigenvalue weighted by atomic mass is 35.7. The zero-order chi connectivity index (χ0) is 14.2. The largest absolute Gasteiger partial charge is 0.459 e. The van der Waals surface area contributed by atoms with E-state index in [1.807, 2.05) is 0 Å². The lowest BCUT2D eigenvalue weighted by Gasteiger charge is -2.25. The summed E-state index contributed by atoms with van der Waals surface area (Å²) in [6.45, 7) is 0. The number of hydrogen-bond acceptors (Lipinski definition) is 4. The average Bonchev–Trinajstić information content (AvgIpc) is 2.21. The Labute approximate surface area is 125 Å². The first-order valence-electron chi connectivity index (χ1n) is 5.43. The van der Waals surface area contributed by atoms with Gasteiger partial charge in [-0.25, -0.2) is 13.2 Å². The van der Waals surface area contributed by atoms with Gasteiger partial charge < -0.3 is 4.74 Å². The highest BCUT2D eigenvalue weighted by Crippen LogP contribution is 2.32. The molecule has 0 bridgehead atoms. The average molecular weight is 344 g/mol. The van der Waals surface area contributed by atoms with Crippen molar-refractivity contribution in [2.24, 2.45) is 0 Å². The minimum Gasteiger partial charge on any atom is -0.459 e. The van der Waals surface area contributed by atoms with E-state index in [1.165, 1.54) is 0 Å². The number of benzene rings is 1. The molecule has 0 unspecified atom stereocenters. The zero-order valence-electron chi connectivity index (χ0n) is 9.53. The van der Waals surface area contributed by atoms with Crippen LogP contribution >= 0.6 is 33.9 Å². The summed E-state index contributed by atoms with van der Waals surface area (Å²) in [6.07, 6.45) is 2.48. The summed E-state index contributed by atoms with van der Waals surface area (Å²) < 4.78 is 27.8. The molecule has 8 heteroatoms. The molecule has 1 aliphatic rings. The van der Waals surface area contributed by atoms with Crippen molar-refractivity contribution in [3.05, 3.63) is 27.7 Å². The lowest BCUT2D eigenvalue weighted by molar-refractivity contribution is 0.00900. The van der Waals surface area contributed by atoms with Crippen molar-refractivity contribution >= 4 is 48.9 Å². The van der Waals surface area contributed by atoms with Crippen molar-refractivity contribution in [1.82, 2.24) is 0 Å². The predicted molar refractivity (Wildman–Crippen MR) is 72.6 cm³/mol. The lowest BCUT2D eigenvalue weighted by Crippen LogP contribution is -2.25. The van der Waals surface area contributed by atoms with Crippen LogP contribution < -0.4 is 0 Å². The standard InChI is InChI=1S/C11H9Cl3O4S/c12-8-5-9(13)10(19(14,16)17)4-7(8)11(15)18-6-2-1-3-6/h4-6H,1-3H2. The molecular weight excluding hydrogens is 335 g/mol. The molecule has 0 aliphatic heterocycles. The van der Waals surface area contributed by atoms with Crippen LogP contribution in [-0.2, 0) is 13.8 Å². The number of hydrogen-bond donors (Lipinski definition) is 0. The Hall–Kier alpha value is -0.490. The van der Waals surface area contributed by atoms with Gasteiger partial charge in [0.15, 0.2) is 0 Å². The van der Waals surface area contributed by atoms with Crippen LogP contribution in [0.5, 0.6) is 0 Å². The number of carbonyl (C=O) groups is 1. The van der Waals surface area contributed by atoms with Crippen LogP contribution in [0.25, 0.3) is 0 Å². The molecule has 0 spiro atoms. The van der Waals surface area contributed by atoms with E-state index in [4.69, 9.17) is 38.6 Å². The summed E-state index contributed by atoms with van der Waals surface area (Å²) >= 11 is 11.6. The van der Waals surface area contributed by atoms with E-state index >= 15 is 0 Å². The van der Waals surface area contributed by atoms with E-state index in [-0.39, 0.29) is 26.6 Å².